The fourth-order valence-electron chi connectivity index (χ4n) is 4.04. The Morgan fingerprint density at radius 3 is 2.50 bits per heavy atom. The van der Waals surface area contributed by atoms with Crippen molar-refractivity contribution in [3.05, 3.63) is 17.9 Å². The van der Waals surface area contributed by atoms with Gasteiger partial charge in [0.2, 0.25) is 5.91 Å². The first-order valence-electron chi connectivity index (χ1n) is 11.0. The van der Waals surface area contributed by atoms with E-state index >= 15 is 0 Å². The third-order valence-electron chi connectivity index (χ3n) is 5.76. The van der Waals surface area contributed by atoms with Gasteiger partial charge < -0.3 is 38.1 Å². The van der Waals surface area contributed by atoms with E-state index in [1.165, 1.54) is 6.07 Å². The van der Waals surface area contributed by atoms with Crippen LogP contribution in [0.3, 0.4) is 0 Å². The summed E-state index contributed by atoms with van der Waals surface area (Å²) in [4.78, 5) is 14.4. The molecule has 32 heavy (non-hydrogen) atoms. The number of ether oxygens (including phenoxy) is 2. The lowest BCUT2D eigenvalue weighted by Crippen LogP contribution is -2.39. The van der Waals surface area contributed by atoms with Crippen molar-refractivity contribution in [2.24, 2.45) is 5.92 Å². The van der Waals surface area contributed by atoms with Crippen molar-refractivity contribution in [2.45, 2.75) is 51.6 Å². The lowest BCUT2D eigenvalue weighted by Gasteiger charge is -2.30. The van der Waals surface area contributed by atoms with Gasteiger partial charge in [0.1, 0.15) is 6.61 Å². The highest BCUT2D eigenvalue weighted by Gasteiger charge is 2.27. The molecule has 10 heteroatoms. The number of nitrogens with one attached hydrogen (secondary N) is 2. The lowest BCUT2D eigenvalue weighted by atomic mass is 9.85. The maximum absolute atomic E-state index is 14.3. The summed E-state index contributed by atoms with van der Waals surface area (Å²) in [5, 5.41) is 6.42. The molecule has 0 unspecified atom stereocenters. The molecule has 1 aromatic carbocycles. The van der Waals surface area contributed by atoms with Crippen molar-refractivity contribution in [1.82, 2.24) is 22.5 Å². The number of halogens is 1. The number of hydrogen-bond donors (Lipinski definition) is 5. The first kappa shape index (κ1) is 27.9. The molecule has 2 fully saturated rings. The number of nitrogens with zero attached hydrogens (tertiary/aromatic N) is 1. The van der Waals surface area contributed by atoms with Crippen LogP contribution in [0.5, 0.6) is 5.75 Å². The van der Waals surface area contributed by atoms with E-state index in [1.807, 2.05) is 13.8 Å². The van der Waals surface area contributed by atoms with Crippen LogP contribution in [0.2, 0.25) is 0 Å². The van der Waals surface area contributed by atoms with E-state index in [9.17, 15) is 9.18 Å². The molecule has 9 nitrogen and oxygen atoms in total. The highest BCUT2D eigenvalue weighted by atomic mass is 19.1. The van der Waals surface area contributed by atoms with E-state index in [-0.39, 0.29) is 42.0 Å². The van der Waals surface area contributed by atoms with Crippen molar-refractivity contribution in [2.75, 3.05) is 50.5 Å². The number of nitrogens with two attached hydrogens (primary N) is 1. The van der Waals surface area contributed by atoms with Crippen LogP contribution in [-0.4, -0.2) is 62.3 Å². The molecule has 1 aromatic rings. The van der Waals surface area contributed by atoms with Crippen molar-refractivity contribution in [3.8, 4) is 5.75 Å². The van der Waals surface area contributed by atoms with E-state index < -0.39 is 5.82 Å². The third-order valence-corrected chi connectivity index (χ3v) is 5.76. The maximum Gasteiger partial charge on any atom is 0.223 e. The molecule has 1 amide bonds. The molecular weight excluding hydrogens is 415 g/mol. The molecule has 0 radical (unpaired) electrons. The highest BCUT2D eigenvalue weighted by molar-refractivity contribution is 5.79. The van der Waals surface area contributed by atoms with E-state index in [2.05, 4.69) is 15.5 Å². The summed E-state index contributed by atoms with van der Waals surface area (Å²) in [6, 6.07) is 3.34. The Morgan fingerprint density at radius 2 is 1.88 bits per heavy atom. The Morgan fingerprint density at radius 1 is 1.22 bits per heavy atom. The minimum atomic E-state index is -0.450. The van der Waals surface area contributed by atoms with Gasteiger partial charge in [-0.1, -0.05) is 0 Å². The van der Waals surface area contributed by atoms with Crippen LogP contribution in [0, 0.1) is 11.7 Å². The number of amides is 1. The zero-order valence-electron chi connectivity index (χ0n) is 19.5. The van der Waals surface area contributed by atoms with Gasteiger partial charge in [0.15, 0.2) is 11.6 Å². The van der Waals surface area contributed by atoms with Crippen LogP contribution in [-0.2, 0) is 9.53 Å². The zero-order chi connectivity index (χ0) is 21.5. The quantitative estimate of drug-likeness (QED) is 0.373. The topological polar surface area (TPSA) is 159 Å². The molecule has 184 valence electrons. The Hall–Kier alpha value is -2.14. The van der Waals surface area contributed by atoms with Crippen molar-refractivity contribution in [3.63, 3.8) is 0 Å². The molecule has 10 N–H and O–H groups in total. The first-order chi connectivity index (χ1) is 14.4. The Bertz CT molecular complexity index is 707. The molecule has 0 atom stereocenters. The molecule has 0 bridgehead atoms. The van der Waals surface area contributed by atoms with Gasteiger partial charge in [-0.05, 0) is 39.5 Å². The summed E-state index contributed by atoms with van der Waals surface area (Å²) < 4.78 is 25.3. The van der Waals surface area contributed by atoms with Crippen LogP contribution in [0.4, 0.5) is 15.8 Å². The molecule has 2 aliphatic rings. The van der Waals surface area contributed by atoms with Gasteiger partial charge in [0.05, 0.1) is 24.6 Å². The van der Waals surface area contributed by atoms with Gasteiger partial charge in [-0.15, -0.1) is 0 Å². The second-order valence-corrected chi connectivity index (χ2v) is 8.53. The van der Waals surface area contributed by atoms with Gasteiger partial charge in [0.25, 0.3) is 0 Å². The molecule has 3 rings (SSSR count). The van der Waals surface area contributed by atoms with Gasteiger partial charge in [-0.25, -0.2) is 4.39 Å². The van der Waals surface area contributed by atoms with Gasteiger partial charge >= 0.3 is 0 Å². The summed E-state index contributed by atoms with van der Waals surface area (Å²) in [5.74, 6) is -0.0326. The lowest BCUT2D eigenvalue weighted by molar-refractivity contribution is -0.126. The standard InChI is InChI=1S/C22H35FN4O3.2H3N/c1-15(2)25-22(28)16-3-5-17(6-4-16)26-20-14-21(18(23)13-19(20)24)30-12-9-27-7-10-29-11-8-27;;/h13-17,26H,3-12,24H2,1-2H3,(H,25,28);2*1H3. The van der Waals surface area contributed by atoms with Gasteiger partial charge in [-0.2, -0.15) is 0 Å². The number of carbonyl (C=O) groups is 1. The largest absolute Gasteiger partial charge is 0.489 e. The molecule has 1 aliphatic heterocycles. The number of morpholine rings is 1. The Balaban J connectivity index is 0.00000256. The molecule has 1 aliphatic carbocycles. The number of carbonyl (C=O) groups excluding carboxylic acids is 1. The highest BCUT2D eigenvalue weighted by Crippen LogP contribution is 2.32. The molecule has 1 saturated heterocycles. The SMILES string of the molecule is CC(C)NC(=O)C1CCC(Nc2cc(OCCN3CCOCC3)c(F)cc2N)CC1.N.N. The monoisotopic (exact) mass is 456 g/mol. The molecule has 0 aromatic heterocycles. The van der Waals surface area contributed by atoms with Crippen LogP contribution < -0.4 is 33.4 Å². The summed E-state index contributed by atoms with van der Waals surface area (Å²) in [5.41, 5.74) is 7.10. The summed E-state index contributed by atoms with van der Waals surface area (Å²) in [7, 11) is 0. The van der Waals surface area contributed by atoms with Crippen molar-refractivity contribution < 1.29 is 18.7 Å². The number of nitrogen functional groups attached to an aromatic ring is 1. The van der Waals surface area contributed by atoms with E-state index in [4.69, 9.17) is 15.2 Å². The average Bonchev–Trinajstić information content (AvgIpc) is 2.72. The van der Waals surface area contributed by atoms with E-state index in [0.29, 0.717) is 18.0 Å². The number of hydrogen-bond acceptors (Lipinski definition) is 8. The molecular formula is C22H41FN6O3. The number of rotatable bonds is 8. The number of anilines is 2. The second kappa shape index (κ2) is 13.4. The molecule has 1 heterocycles. The van der Waals surface area contributed by atoms with Crippen molar-refractivity contribution >= 4 is 17.3 Å². The molecule has 0 spiro atoms. The fourth-order valence-corrected chi connectivity index (χ4v) is 4.04. The predicted octanol–water partition coefficient (Wildman–Crippen LogP) is 2.94. The van der Waals surface area contributed by atoms with E-state index in [1.54, 1.807) is 6.07 Å². The van der Waals surface area contributed by atoms with Crippen LogP contribution >= 0.6 is 0 Å². The minimum Gasteiger partial charge on any atom is -0.489 e. The van der Waals surface area contributed by atoms with Crippen LogP contribution in [0.25, 0.3) is 0 Å². The zero-order valence-corrected chi connectivity index (χ0v) is 19.5. The summed E-state index contributed by atoms with van der Waals surface area (Å²) in [6.07, 6.45) is 3.42. The first-order valence-corrected chi connectivity index (χ1v) is 11.0. The summed E-state index contributed by atoms with van der Waals surface area (Å²) in [6.45, 7) is 8.30. The normalized spacial score (nSPS) is 21.2. The fraction of sp³-hybridized carbons (Fsp3) is 0.682. The predicted molar refractivity (Wildman–Crippen MR) is 126 cm³/mol. The average molecular weight is 457 g/mol. The minimum absolute atomic E-state index is 0. The van der Waals surface area contributed by atoms with Crippen molar-refractivity contribution in [1.29, 1.82) is 0 Å². The molecule has 1 saturated carbocycles. The third kappa shape index (κ3) is 8.09. The Kier molecular flexibility index (Phi) is 11.7. The maximum atomic E-state index is 14.3. The van der Waals surface area contributed by atoms with Gasteiger partial charge in [-0.3, -0.25) is 9.69 Å². The van der Waals surface area contributed by atoms with Gasteiger partial charge in [0, 0.05) is 49.8 Å². The second-order valence-electron chi connectivity index (χ2n) is 8.53. The van der Waals surface area contributed by atoms with Crippen LogP contribution in [0.1, 0.15) is 39.5 Å². The van der Waals surface area contributed by atoms with Crippen LogP contribution in [0.15, 0.2) is 12.1 Å². The Labute approximate surface area is 190 Å². The van der Waals surface area contributed by atoms with E-state index in [0.717, 1.165) is 58.5 Å². The number of benzene rings is 1. The smallest absolute Gasteiger partial charge is 0.223 e. The summed E-state index contributed by atoms with van der Waals surface area (Å²) >= 11 is 0.